The molecule has 25 heavy (non-hydrogen) atoms. The average Bonchev–Trinajstić information content (AvgIpc) is 2.62. The molecule has 0 amide bonds. The molecule has 0 radical (unpaired) electrons. The lowest BCUT2D eigenvalue weighted by atomic mass is 9.68. The van der Waals surface area contributed by atoms with E-state index in [9.17, 15) is 4.39 Å². The number of halogens is 1. The molecule has 0 N–H and O–H groups in total. The van der Waals surface area contributed by atoms with Gasteiger partial charge < -0.3 is 0 Å². The monoisotopic (exact) mass is 340 g/mol. The summed E-state index contributed by atoms with van der Waals surface area (Å²) in [6.07, 6.45) is 10.8. The van der Waals surface area contributed by atoms with E-state index < -0.39 is 0 Å². The Bertz CT molecular complexity index is 670. The van der Waals surface area contributed by atoms with E-state index in [1.54, 1.807) is 17.7 Å². The Hall–Kier alpha value is -1.19. The van der Waals surface area contributed by atoms with Gasteiger partial charge >= 0.3 is 0 Å². The zero-order valence-corrected chi connectivity index (χ0v) is 15.0. The molecular weight excluding hydrogens is 311 g/mol. The van der Waals surface area contributed by atoms with Crippen molar-refractivity contribution in [2.45, 2.75) is 57.2 Å². The first-order valence-electron chi connectivity index (χ1n) is 10.2. The Morgan fingerprint density at radius 3 is 3.00 bits per heavy atom. The van der Waals surface area contributed by atoms with Crippen molar-refractivity contribution in [3.05, 3.63) is 47.3 Å². The topological polar surface area (TPSA) is 6.48 Å². The van der Waals surface area contributed by atoms with E-state index in [-0.39, 0.29) is 5.82 Å². The summed E-state index contributed by atoms with van der Waals surface area (Å²) in [7, 11) is 0. The molecule has 0 saturated carbocycles. The van der Waals surface area contributed by atoms with Crippen LogP contribution < -0.4 is 0 Å². The maximum absolute atomic E-state index is 13.6. The van der Waals surface area contributed by atoms with E-state index in [1.165, 1.54) is 51.6 Å². The highest BCUT2D eigenvalue weighted by atomic mass is 19.1. The normalized spacial score (nSPS) is 35.6. The molecule has 3 aliphatic heterocycles. The number of rotatable bonds is 2. The second-order valence-corrected chi connectivity index (χ2v) is 8.61. The van der Waals surface area contributed by atoms with Crippen molar-refractivity contribution >= 4 is 0 Å². The summed E-state index contributed by atoms with van der Waals surface area (Å²) in [4.78, 5) is 5.44. The van der Waals surface area contributed by atoms with Crippen LogP contribution in [0.1, 0.15) is 44.1 Å². The van der Waals surface area contributed by atoms with Crippen molar-refractivity contribution < 1.29 is 4.39 Å². The summed E-state index contributed by atoms with van der Waals surface area (Å²) < 4.78 is 13.6. The average molecular weight is 340 g/mol. The summed E-state index contributed by atoms with van der Waals surface area (Å²) in [5.74, 6) is 1.45. The fraction of sp³-hybridized carbons (Fsp3) is 0.636. The van der Waals surface area contributed by atoms with Gasteiger partial charge in [-0.25, -0.2) is 4.39 Å². The summed E-state index contributed by atoms with van der Waals surface area (Å²) in [6, 6.07) is 8.60. The van der Waals surface area contributed by atoms with E-state index in [2.05, 4.69) is 21.9 Å². The minimum Gasteiger partial charge on any atom is -0.299 e. The van der Waals surface area contributed by atoms with E-state index >= 15 is 0 Å². The molecule has 3 fully saturated rings. The molecule has 4 atom stereocenters. The van der Waals surface area contributed by atoms with Crippen LogP contribution in [0.3, 0.4) is 0 Å². The molecule has 134 valence electrons. The molecule has 2 nitrogen and oxygen atoms in total. The molecule has 5 rings (SSSR count). The van der Waals surface area contributed by atoms with Gasteiger partial charge in [0.15, 0.2) is 0 Å². The molecule has 1 aromatic rings. The van der Waals surface area contributed by atoms with Crippen LogP contribution in [-0.4, -0.2) is 41.5 Å². The van der Waals surface area contributed by atoms with Crippen LogP contribution in [0, 0.1) is 17.7 Å². The number of likely N-dealkylation sites (tertiary alicyclic amines) is 1. The van der Waals surface area contributed by atoms with Crippen molar-refractivity contribution in [2.24, 2.45) is 11.8 Å². The number of hydrogen-bond acceptors (Lipinski definition) is 2. The number of piperidine rings is 3. The third kappa shape index (κ3) is 2.96. The Morgan fingerprint density at radius 2 is 2.08 bits per heavy atom. The number of fused-ring (bicyclic) bond motifs is 6. The van der Waals surface area contributed by atoms with E-state index in [4.69, 9.17) is 0 Å². The van der Waals surface area contributed by atoms with Crippen LogP contribution in [0.2, 0.25) is 0 Å². The van der Waals surface area contributed by atoms with E-state index in [1.807, 2.05) is 6.07 Å². The minimum atomic E-state index is -0.109. The predicted molar refractivity (Wildman–Crippen MR) is 98.7 cm³/mol. The molecule has 0 unspecified atom stereocenters. The van der Waals surface area contributed by atoms with Crippen LogP contribution in [0.15, 0.2) is 35.9 Å². The molecule has 0 aromatic heterocycles. The molecule has 3 saturated heterocycles. The summed E-state index contributed by atoms with van der Waals surface area (Å²) in [6.45, 7) is 4.63. The Morgan fingerprint density at radius 1 is 1.12 bits per heavy atom. The van der Waals surface area contributed by atoms with Crippen molar-refractivity contribution in [3.63, 3.8) is 0 Å². The predicted octanol–water partition coefficient (Wildman–Crippen LogP) is 4.22. The van der Waals surface area contributed by atoms with Crippen molar-refractivity contribution in [1.29, 1.82) is 0 Å². The van der Waals surface area contributed by atoms with Gasteiger partial charge in [-0.15, -0.1) is 0 Å². The number of nitrogens with zero attached hydrogens (tertiary/aromatic N) is 2. The maximum atomic E-state index is 13.6. The second kappa shape index (κ2) is 6.51. The van der Waals surface area contributed by atoms with E-state index in [0.717, 1.165) is 36.5 Å². The fourth-order valence-electron chi connectivity index (χ4n) is 6.13. The minimum absolute atomic E-state index is 0.109. The first-order valence-corrected chi connectivity index (χ1v) is 10.2. The molecule has 1 aromatic carbocycles. The summed E-state index contributed by atoms with van der Waals surface area (Å²) in [5, 5.41) is 0. The lowest BCUT2D eigenvalue weighted by molar-refractivity contribution is -0.00266. The van der Waals surface area contributed by atoms with Crippen LogP contribution in [0.4, 0.5) is 4.39 Å². The highest BCUT2D eigenvalue weighted by Crippen LogP contribution is 2.45. The first-order chi connectivity index (χ1) is 12.3. The molecule has 1 aliphatic carbocycles. The van der Waals surface area contributed by atoms with Gasteiger partial charge in [0, 0.05) is 25.2 Å². The van der Waals surface area contributed by atoms with Gasteiger partial charge in [0.1, 0.15) is 5.82 Å². The molecular formula is C22H29FN2. The van der Waals surface area contributed by atoms with Crippen LogP contribution >= 0.6 is 0 Å². The summed E-state index contributed by atoms with van der Waals surface area (Å²) in [5.41, 5.74) is 2.82. The third-order valence-electron chi connectivity index (χ3n) is 7.04. The highest BCUT2D eigenvalue weighted by molar-refractivity contribution is 5.25. The van der Waals surface area contributed by atoms with Crippen LogP contribution in [-0.2, 0) is 6.54 Å². The van der Waals surface area contributed by atoms with Crippen molar-refractivity contribution in [2.75, 3.05) is 19.6 Å². The number of hydrogen-bond donors (Lipinski definition) is 0. The zero-order chi connectivity index (χ0) is 16.8. The molecule has 0 spiro atoms. The van der Waals surface area contributed by atoms with Crippen LogP contribution in [0.5, 0.6) is 0 Å². The maximum Gasteiger partial charge on any atom is 0.123 e. The molecule has 3 heteroatoms. The van der Waals surface area contributed by atoms with Gasteiger partial charge in [0.05, 0.1) is 0 Å². The highest BCUT2D eigenvalue weighted by Gasteiger charge is 2.45. The molecule has 4 aliphatic rings. The fourth-order valence-corrected chi connectivity index (χ4v) is 6.13. The molecule has 2 bridgehead atoms. The van der Waals surface area contributed by atoms with Gasteiger partial charge in [-0.2, -0.15) is 0 Å². The van der Waals surface area contributed by atoms with Crippen molar-refractivity contribution in [1.82, 2.24) is 9.80 Å². The third-order valence-corrected chi connectivity index (χ3v) is 7.04. The van der Waals surface area contributed by atoms with Crippen molar-refractivity contribution in [3.8, 4) is 0 Å². The lowest BCUT2D eigenvalue weighted by Gasteiger charge is -2.54. The van der Waals surface area contributed by atoms with Crippen LogP contribution in [0.25, 0.3) is 0 Å². The largest absolute Gasteiger partial charge is 0.299 e. The van der Waals surface area contributed by atoms with Gasteiger partial charge in [-0.05, 0) is 74.7 Å². The zero-order valence-electron chi connectivity index (χ0n) is 15.0. The van der Waals surface area contributed by atoms with Gasteiger partial charge in [-0.3, -0.25) is 9.80 Å². The Kier molecular flexibility index (Phi) is 4.17. The van der Waals surface area contributed by atoms with Gasteiger partial charge in [-0.1, -0.05) is 30.2 Å². The van der Waals surface area contributed by atoms with E-state index in [0.29, 0.717) is 6.04 Å². The quantitative estimate of drug-likeness (QED) is 0.744. The Balaban J connectivity index is 1.41. The van der Waals surface area contributed by atoms with Gasteiger partial charge in [0.2, 0.25) is 0 Å². The first kappa shape index (κ1) is 16.0. The SMILES string of the molecule is Fc1cccc(CN2CCCC3=C[C@H]4C[C@@H](CN5CCCC[C@H]45)[C@@H]32)c1. The Labute approximate surface area is 150 Å². The standard InChI is InChI=1S/C22H29FN2/c23-20-7-3-5-16(11-20)14-25-10-4-6-17-12-18-13-19(22(17)25)15-24-9-2-1-8-21(18)24/h3,5,7,11-12,18-19,21-22H,1-2,4,6,8-10,13-15H2/t18-,19-,21+,22+/m0/s1. The lowest BCUT2D eigenvalue weighted by Crippen LogP contribution is -2.58. The second-order valence-electron chi connectivity index (χ2n) is 8.61. The summed E-state index contributed by atoms with van der Waals surface area (Å²) >= 11 is 0. The number of benzene rings is 1. The van der Waals surface area contributed by atoms with Gasteiger partial charge in [0.25, 0.3) is 0 Å². The smallest absolute Gasteiger partial charge is 0.123 e. The molecule has 3 heterocycles.